The number of alkyl halides is 2. The topological polar surface area (TPSA) is 132 Å². The zero-order chi connectivity index (χ0) is 18.6. The van der Waals surface area contributed by atoms with Gasteiger partial charge in [-0.2, -0.15) is 13.8 Å². The molecule has 1 aromatic rings. The number of aromatic nitrogens is 2. The zero-order valence-corrected chi connectivity index (χ0v) is 13.1. The van der Waals surface area contributed by atoms with Gasteiger partial charge in [0.25, 0.3) is 0 Å². The molecule has 0 spiro atoms. The number of nitrogens with one attached hydrogen (secondary N) is 1. The van der Waals surface area contributed by atoms with Gasteiger partial charge >= 0.3 is 17.7 Å². The third kappa shape index (κ3) is 4.10. The van der Waals surface area contributed by atoms with E-state index in [1.54, 1.807) is 0 Å². The minimum atomic E-state index is -3.81. The number of amides is 1. The molecule has 2 heterocycles. The molecule has 0 radical (unpaired) electrons. The van der Waals surface area contributed by atoms with Crippen LogP contribution in [-0.4, -0.2) is 70.9 Å². The Morgan fingerprint density at radius 2 is 2.24 bits per heavy atom. The molecule has 0 unspecified atom stereocenters. The molecule has 10 nitrogen and oxygen atoms in total. The largest absolute Gasteiger partial charge is 0.447 e. The summed E-state index contributed by atoms with van der Waals surface area (Å²) in [4.78, 5) is 26.8. The number of rotatable bonds is 6. The summed E-state index contributed by atoms with van der Waals surface area (Å²) in [6.07, 6.45) is -5.93. The van der Waals surface area contributed by atoms with E-state index in [1.165, 1.54) is 7.11 Å². The number of anilines is 1. The van der Waals surface area contributed by atoms with Crippen LogP contribution in [0.1, 0.15) is 6.23 Å². The molecule has 1 aromatic heterocycles. The van der Waals surface area contributed by atoms with Gasteiger partial charge in [-0.05, 0) is 6.07 Å². The van der Waals surface area contributed by atoms with Gasteiger partial charge in [-0.3, -0.25) is 9.88 Å². The van der Waals surface area contributed by atoms with Gasteiger partial charge in [0.05, 0.1) is 13.2 Å². The summed E-state index contributed by atoms with van der Waals surface area (Å²) in [5.41, 5.74) is -1.15. The molecule has 3 N–H and O–H groups in total. The maximum atomic E-state index is 14.0. The van der Waals surface area contributed by atoms with Crippen LogP contribution in [0.3, 0.4) is 0 Å². The van der Waals surface area contributed by atoms with Crippen molar-refractivity contribution >= 4 is 11.9 Å². The van der Waals surface area contributed by atoms with Gasteiger partial charge in [0.15, 0.2) is 6.10 Å². The van der Waals surface area contributed by atoms with E-state index >= 15 is 0 Å². The van der Waals surface area contributed by atoms with Crippen LogP contribution in [0.15, 0.2) is 17.1 Å². The van der Waals surface area contributed by atoms with E-state index in [0.29, 0.717) is 4.57 Å². The number of carbonyl (C=O) groups excluding carboxylic acids is 1. The third-order valence-electron chi connectivity index (χ3n) is 3.39. The maximum absolute atomic E-state index is 14.0. The maximum Gasteiger partial charge on any atom is 0.412 e. The number of aliphatic hydroxyl groups is 2. The van der Waals surface area contributed by atoms with Crippen LogP contribution in [0, 0.1) is 0 Å². The van der Waals surface area contributed by atoms with Crippen LogP contribution >= 0.6 is 0 Å². The van der Waals surface area contributed by atoms with Crippen LogP contribution in [0.25, 0.3) is 0 Å². The van der Waals surface area contributed by atoms with E-state index in [-0.39, 0.29) is 19.0 Å². The summed E-state index contributed by atoms with van der Waals surface area (Å²) in [7, 11) is 1.42. The van der Waals surface area contributed by atoms with Crippen LogP contribution in [-0.2, 0) is 14.2 Å². The van der Waals surface area contributed by atoms with Crippen molar-refractivity contribution in [1.82, 2.24) is 9.55 Å². The molecule has 2 rings (SSSR count). The van der Waals surface area contributed by atoms with Crippen LogP contribution in [0.2, 0.25) is 0 Å². The summed E-state index contributed by atoms with van der Waals surface area (Å²) in [6.45, 7) is -0.699. The van der Waals surface area contributed by atoms with E-state index in [4.69, 9.17) is 14.6 Å². The Balaban J connectivity index is 2.12. The predicted molar refractivity (Wildman–Crippen MR) is 77.3 cm³/mol. The first-order valence-electron chi connectivity index (χ1n) is 7.15. The Labute approximate surface area is 139 Å². The molecule has 12 heteroatoms. The lowest BCUT2D eigenvalue weighted by atomic mass is 10.1. The van der Waals surface area contributed by atoms with E-state index in [2.05, 4.69) is 15.0 Å². The fourth-order valence-electron chi connectivity index (χ4n) is 2.14. The molecule has 0 saturated carbocycles. The molecule has 0 bridgehead atoms. The Bertz CT molecular complexity index is 669. The molecule has 1 aliphatic heterocycles. The van der Waals surface area contributed by atoms with E-state index in [9.17, 15) is 23.5 Å². The number of nitrogens with zero attached hydrogens (tertiary/aromatic N) is 2. The molecule has 1 aliphatic rings. The number of aliphatic hydroxyl groups excluding tert-OH is 2. The smallest absolute Gasteiger partial charge is 0.412 e. The van der Waals surface area contributed by atoms with Crippen LogP contribution in [0.4, 0.5) is 19.4 Å². The van der Waals surface area contributed by atoms with Crippen molar-refractivity contribution in [1.29, 1.82) is 0 Å². The van der Waals surface area contributed by atoms with E-state index in [0.717, 1.165) is 12.3 Å². The Hall–Kier alpha value is -2.15. The molecule has 140 valence electrons. The lowest BCUT2D eigenvalue weighted by Gasteiger charge is -2.21. The second-order valence-electron chi connectivity index (χ2n) is 5.09. The minimum Gasteiger partial charge on any atom is -0.447 e. The third-order valence-corrected chi connectivity index (χ3v) is 3.39. The summed E-state index contributed by atoms with van der Waals surface area (Å²) in [5.74, 6) is -4.03. The number of methoxy groups -OCH3 is 1. The standard InChI is InChI=1S/C13H17F2N3O7/c1-23-4-5-24-12(22)17-8-2-3-18(11(21)16-8)10-13(14,15)9(20)7(6-19)25-10/h2-3,7,9-10,19-20H,4-6H2,1H3,(H,16,17,21,22)/t7-,9-,10-/m1/s1. The average Bonchev–Trinajstić information content (AvgIpc) is 2.78. The van der Waals surface area contributed by atoms with E-state index < -0.39 is 42.7 Å². The monoisotopic (exact) mass is 365 g/mol. The van der Waals surface area contributed by atoms with Gasteiger partial charge in [-0.25, -0.2) is 9.59 Å². The van der Waals surface area contributed by atoms with Gasteiger partial charge in [0.2, 0.25) is 6.23 Å². The highest BCUT2D eigenvalue weighted by Crippen LogP contribution is 2.41. The van der Waals surface area contributed by atoms with E-state index in [1.807, 2.05) is 0 Å². The van der Waals surface area contributed by atoms with Gasteiger partial charge in [-0.15, -0.1) is 0 Å². The quantitative estimate of drug-likeness (QED) is 0.565. The van der Waals surface area contributed by atoms with Crippen molar-refractivity contribution in [3.8, 4) is 0 Å². The minimum absolute atomic E-state index is 0.0258. The number of ether oxygens (including phenoxy) is 3. The second kappa shape index (κ2) is 7.82. The van der Waals surface area contributed by atoms with Gasteiger partial charge in [-0.1, -0.05) is 0 Å². The Kier molecular flexibility index (Phi) is 6.00. The van der Waals surface area contributed by atoms with Crippen molar-refractivity contribution < 1.29 is 38.0 Å². The molecule has 0 aromatic carbocycles. The average molecular weight is 365 g/mol. The van der Waals surface area contributed by atoms with Crippen LogP contribution < -0.4 is 11.0 Å². The highest BCUT2D eigenvalue weighted by Gasteiger charge is 2.59. The highest BCUT2D eigenvalue weighted by molar-refractivity contribution is 5.83. The molecule has 25 heavy (non-hydrogen) atoms. The van der Waals surface area contributed by atoms with Crippen molar-refractivity contribution in [2.45, 2.75) is 24.4 Å². The molecule has 1 fully saturated rings. The summed E-state index contributed by atoms with van der Waals surface area (Å²) >= 11 is 0. The summed E-state index contributed by atoms with van der Waals surface area (Å²) in [5, 5.41) is 20.6. The Morgan fingerprint density at radius 3 is 2.80 bits per heavy atom. The number of halogens is 2. The molecule has 1 saturated heterocycles. The fraction of sp³-hybridized carbons (Fsp3) is 0.615. The molecule has 1 amide bonds. The number of carbonyl (C=O) groups is 1. The van der Waals surface area contributed by atoms with Gasteiger partial charge in [0.1, 0.15) is 18.5 Å². The van der Waals surface area contributed by atoms with Gasteiger partial charge in [0, 0.05) is 13.3 Å². The van der Waals surface area contributed by atoms with Crippen molar-refractivity contribution in [2.24, 2.45) is 0 Å². The first kappa shape index (κ1) is 19.2. The number of hydrogen-bond donors (Lipinski definition) is 3. The molecule has 3 atom stereocenters. The zero-order valence-electron chi connectivity index (χ0n) is 13.1. The molecule has 0 aliphatic carbocycles. The first-order valence-corrected chi connectivity index (χ1v) is 7.15. The van der Waals surface area contributed by atoms with Crippen molar-refractivity contribution in [3.63, 3.8) is 0 Å². The molecular weight excluding hydrogens is 348 g/mol. The fourth-order valence-corrected chi connectivity index (χ4v) is 2.14. The van der Waals surface area contributed by atoms with Crippen LogP contribution in [0.5, 0.6) is 0 Å². The normalized spacial score (nSPS) is 24.9. The Morgan fingerprint density at radius 1 is 1.52 bits per heavy atom. The van der Waals surface area contributed by atoms with Gasteiger partial charge < -0.3 is 24.4 Å². The van der Waals surface area contributed by atoms with Crippen molar-refractivity contribution in [2.75, 3.05) is 32.2 Å². The van der Waals surface area contributed by atoms with Crippen molar-refractivity contribution in [3.05, 3.63) is 22.7 Å². The summed E-state index contributed by atoms with van der Waals surface area (Å²) < 4.78 is 42.7. The predicted octanol–water partition coefficient (Wildman–Crippen LogP) is -0.676. The SMILES string of the molecule is COCCOC(=O)Nc1ccn([C@@H]2O[C@H](CO)[C@@H](O)C2(F)F)c(=O)n1. The lowest BCUT2D eigenvalue weighted by molar-refractivity contribution is -0.140. The first-order chi connectivity index (χ1) is 11.8. The lowest BCUT2D eigenvalue weighted by Crippen LogP contribution is -2.41. The molecular formula is C13H17F2N3O7. The summed E-state index contributed by atoms with van der Waals surface area (Å²) in [6, 6.07) is 1.08. The number of hydrogen-bond acceptors (Lipinski definition) is 8. The highest BCUT2D eigenvalue weighted by atomic mass is 19.3. The second-order valence-corrected chi connectivity index (χ2v) is 5.09.